The van der Waals surface area contributed by atoms with Gasteiger partial charge in [0.1, 0.15) is 4.99 Å². The quantitative estimate of drug-likeness (QED) is 0.659. The highest BCUT2D eigenvalue weighted by Gasteiger charge is 2.18. The molecule has 0 aromatic heterocycles. The first-order valence-electron chi connectivity index (χ1n) is 6.06. The zero-order valence-corrected chi connectivity index (χ0v) is 12.6. The highest BCUT2D eigenvalue weighted by molar-refractivity contribution is 7.80. The van der Waals surface area contributed by atoms with Crippen LogP contribution in [0.15, 0.2) is 18.2 Å². The molecule has 0 bridgehead atoms. The topological polar surface area (TPSA) is 55.6 Å². The van der Waals surface area contributed by atoms with Crippen molar-refractivity contribution in [3.8, 4) is 0 Å². The van der Waals surface area contributed by atoms with Gasteiger partial charge < -0.3 is 15.4 Å². The van der Waals surface area contributed by atoms with Gasteiger partial charge in [0.2, 0.25) is 0 Å². The van der Waals surface area contributed by atoms with Crippen LogP contribution in [0.4, 0.5) is 5.69 Å². The highest BCUT2D eigenvalue weighted by atomic mass is 32.1. The molecule has 0 aliphatic carbocycles. The Bertz CT molecular complexity index is 488. The fourth-order valence-corrected chi connectivity index (χ4v) is 2.12. The van der Waals surface area contributed by atoms with Gasteiger partial charge >= 0.3 is 5.97 Å². The molecule has 0 heterocycles. The maximum atomic E-state index is 11.5. The molecule has 1 unspecified atom stereocenters. The normalized spacial score (nSPS) is 11.8. The smallest absolute Gasteiger partial charge is 0.310 e. The van der Waals surface area contributed by atoms with Gasteiger partial charge in [0.05, 0.1) is 13.0 Å². The number of esters is 1. The van der Waals surface area contributed by atoms with E-state index >= 15 is 0 Å². The molecule has 0 spiro atoms. The fraction of sp³-hybridized carbons (Fsp3) is 0.429. The van der Waals surface area contributed by atoms with E-state index < -0.39 is 0 Å². The van der Waals surface area contributed by atoms with Crippen LogP contribution in [0.25, 0.3) is 0 Å². The third kappa shape index (κ3) is 3.92. The van der Waals surface area contributed by atoms with Crippen LogP contribution in [0, 0.1) is 12.8 Å². The Kier molecular flexibility index (Phi) is 5.30. The summed E-state index contributed by atoms with van der Waals surface area (Å²) in [6, 6.07) is 5.89. The number of nitrogens with two attached hydrogens (primary N) is 1. The molecule has 5 heteroatoms. The molecule has 0 amide bonds. The maximum absolute atomic E-state index is 11.5. The van der Waals surface area contributed by atoms with Gasteiger partial charge in [0.15, 0.2) is 0 Å². The number of nitrogens with zero attached hydrogens (tertiary/aromatic N) is 1. The Morgan fingerprint density at radius 1 is 1.53 bits per heavy atom. The van der Waals surface area contributed by atoms with Crippen molar-refractivity contribution >= 4 is 28.9 Å². The maximum Gasteiger partial charge on any atom is 0.310 e. The van der Waals surface area contributed by atoms with Crippen LogP contribution in [-0.2, 0) is 9.53 Å². The number of rotatable bonds is 5. The number of anilines is 1. The lowest BCUT2D eigenvalue weighted by molar-refractivity contribution is -0.144. The Morgan fingerprint density at radius 2 is 2.16 bits per heavy atom. The van der Waals surface area contributed by atoms with E-state index in [0.29, 0.717) is 11.5 Å². The summed E-state index contributed by atoms with van der Waals surface area (Å²) in [5, 5.41) is 0. The van der Waals surface area contributed by atoms with E-state index in [1.807, 2.05) is 44.0 Å². The van der Waals surface area contributed by atoms with Crippen molar-refractivity contribution in [1.29, 1.82) is 0 Å². The SMILES string of the molecule is COC(=O)C(C)CN(C)c1cc(C)ccc1C(N)=S. The molecule has 0 radical (unpaired) electrons. The summed E-state index contributed by atoms with van der Waals surface area (Å²) in [5.74, 6) is -0.439. The van der Waals surface area contributed by atoms with E-state index in [9.17, 15) is 4.79 Å². The van der Waals surface area contributed by atoms with Crippen molar-refractivity contribution < 1.29 is 9.53 Å². The summed E-state index contributed by atoms with van der Waals surface area (Å²) < 4.78 is 4.73. The van der Waals surface area contributed by atoms with Crippen LogP contribution in [0.1, 0.15) is 18.1 Å². The van der Waals surface area contributed by atoms with Gasteiger partial charge in [-0.2, -0.15) is 0 Å². The predicted octanol–water partition coefficient (Wildman–Crippen LogP) is 1.87. The van der Waals surface area contributed by atoms with E-state index in [2.05, 4.69) is 0 Å². The minimum Gasteiger partial charge on any atom is -0.469 e. The van der Waals surface area contributed by atoms with Crippen molar-refractivity contribution in [2.24, 2.45) is 11.7 Å². The number of hydrogen-bond acceptors (Lipinski definition) is 4. The van der Waals surface area contributed by atoms with Gasteiger partial charge in [0.25, 0.3) is 0 Å². The average molecular weight is 280 g/mol. The van der Waals surface area contributed by atoms with E-state index in [1.165, 1.54) is 7.11 Å². The molecular formula is C14H20N2O2S. The lowest BCUT2D eigenvalue weighted by atomic mass is 10.1. The van der Waals surface area contributed by atoms with E-state index in [-0.39, 0.29) is 11.9 Å². The zero-order chi connectivity index (χ0) is 14.6. The van der Waals surface area contributed by atoms with Crippen molar-refractivity contribution in [2.75, 3.05) is 25.6 Å². The monoisotopic (exact) mass is 280 g/mol. The predicted molar refractivity (Wildman–Crippen MR) is 81.5 cm³/mol. The molecule has 4 nitrogen and oxygen atoms in total. The molecule has 1 aromatic carbocycles. The van der Waals surface area contributed by atoms with Crippen LogP contribution < -0.4 is 10.6 Å². The molecule has 19 heavy (non-hydrogen) atoms. The number of hydrogen-bond donors (Lipinski definition) is 1. The summed E-state index contributed by atoms with van der Waals surface area (Å²) in [4.78, 5) is 13.8. The van der Waals surface area contributed by atoms with Crippen LogP contribution >= 0.6 is 12.2 Å². The first-order valence-corrected chi connectivity index (χ1v) is 6.47. The van der Waals surface area contributed by atoms with Crippen LogP contribution in [-0.4, -0.2) is 31.7 Å². The van der Waals surface area contributed by atoms with E-state index in [1.54, 1.807) is 0 Å². The molecule has 0 saturated carbocycles. The summed E-state index contributed by atoms with van der Waals surface area (Å²) in [7, 11) is 3.31. The molecule has 0 aliphatic rings. The van der Waals surface area contributed by atoms with Crippen LogP contribution in [0.3, 0.4) is 0 Å². The number of aryl methyl sites for hydroxylation is 1. The van der Waals surface area contributed by atoms with Crippen molar-refractivity contribution in [3.63, 3.8) is 0 Å². The molecule has 0 aliphatic heterocycles. The Hall–Kier alpha value is -1.62. The second-order valence-corrected chi connectivity index (χ2v) is 5.13. The lowest BCUT2D eigenvalue weighted by Crippen LogP contribution is -2.30. The minimum absolute atomic E-state index is 0.213. The van der Waals surface area contributed by atoms with E-state index in [4.69, 9.17) is 22.7 Å². The molecule has 1 atom stereocenters. The fourth-order valence-electron chi connectivity index (χ4n) is 1.95. The number of methoxy groups -OCH3 is 1. The van der Waals surface area contributed by atoms with E-state index in [0.717, 1.165) is 16.8 Å². The Morgan fingerprint density at radius 3 is 2.68 bits per heavy atom. The Labute approximate surface area is 119 Å². The number of carbonyl (C=O) groups is 1. The first-order chi connectivity index (χ1) is 8.86. The molecule has 0 saturated heterocycles. The molecule has 104 valence electrons. The summed E-state index contributed by atoms with van der Waals surface area (Å²) in [5.41, 5.74) is 8.60. The van der Waals surface area contributed by atoms with Crippen LogP contribution in [0.2, 0.25) is 0 Å². The largest absolute Gasteiger partial charge is 0.469 e. The second-order valence-electron chi connectivity index (χ2n) is 4.69. The standard InChI is InChI=1S/C14H20N2O2S/c1-9-5-6-11(13(15)19)12(7-9)16(3)8-10(2)14(17)18-4/h5-7,10H,8H2,1-4H3,(H2,15,19). The van der Waals surface area contributed by atoms with Gasteiger partial charge in [-0.3, -0.25) is 4.79 Å². The highest BCUT2D eigenvalue weighted by Crippen LogP contribution is 2.22. The molecule has 1 aromatic rings. The summed E-state index contributed by atoms with van der Waals surface area (Å²) in [6.45, 7) is 4.38. The van der Waals surface area contributed by atoms with Crippen molar-refractivity contribution in [1.82, 2.24) is 0 Å². The zero-order valence-electron chi connectivity index (χ0n) is 11.8. The molecule has 2 N–H and O–H groups in total. The van der Waals surface area contributed by atoms with Crippen molar-refractivity contribution in [3.05, 3.63) is 29.3 Å². The number of thiocarbonyl (C=S) groups is 1. The van der Waals surface area contributed by atoms with Crippen molar-refractivity contribution in [2.45, 2.75) is 13.8 Å². The van der Waals surface area contributed by atoms with Gasteiger partial charge in [0, 0.05) is 24.8 Å². The average Bonchev–Trinajstić information content (AvgIpc) is 2.36. The third-order valence-corrected chi connectivity index (χ3v) is 3.20. The van der Waals surface area contributed by atoms with Gasteiger partial charge in [-0.15, -0.1) is 0 Å². The van der Waals surface area contributed by atoms with Gasteiger partial charge in [-0.05, 0) is 24.6 Å². The summed E-state index contributed by atoms with van der Waals surface area (Å²) in [6.07, 6.45) is 0. The Balaban J connectivity index is 2.98. The minimum atomic E-state index is -0.226. The van der Waals surface area contributed by atoms with Crippen LogP contribution in [0.5, 0.6) is 0 Å². The lowest BCUT2D eigenvalue weighted by Gasteiger charge is -2.25. The molecule has 1 rings (SSSR count). The second kappa shape index (κ2) is 6.52. The number of carbonyl (C=O) groups excluding carboxylic acids is 1. The number of ether oxygens (including phenoxy) is 1. The molecular weight excluding hydrogens is 260 g/mol. The number of benzene rings is 1. The molecule has 0 fully saturated rings. The summed E-state index contributed by atoms with van der Waals surface area (Å²) >= 11 is 5.06. The van der Waals surface area contributed by atoms with Gasteiger partial charge in [-0.25, -0.2) is 0 Å². The van der Waals surface area contributed by atoms with Gasteiger partial charge in [-0.1, -0.05) is 25.2 Å². The third-order valence-electron chi connectivity index (χ3n) is 2.98. The first kappa shape index (κ1) is 15.4.